The number of piperidine rings is 1. The summed E-state index contributed by atoms with van der Waals surface area (Å²) in [6.07, 6.45) is 4.88. The Morgan fingerprint density at radius 1 is 1.21 bits per heavy atom. The number of allylic oxidation sites excluding steroid dienone is 1. The topological polar surface area (TPSA) is 86.3 Å². The lowest BCUT2D eigenvalue weighted by atomic mass is 9.95. The second kappa shape index (κ2) is 11.5. The van der Waals surface area contributed by atoms with Gasteiger partial charge in [-0.1, -0.05) is 27.3 Å². The highest BCUT2D eigenvalue weighted by molar-refractivity contribution is 9.10. The maximum Gasteiger partial charge on any atom is 0.338 e. The van der Waals surface area contributed by atoms with Gasteiger partial charge in [0, 0.05) is 35.3 Å². The molecule has 8 nitrogen and oxygen atoms in total. The van der Waals surface area contributed by atoms with E-state index in [1.165, 1.54) is 17.8 Å². The number of carbonyl (C=O) groups is 1. The summed E-state index contributed by atoms with van der Waals surface area (Å²) in [6.45, 7) is 7.22. The number of nitrogens with zero attached hydrogens (tertiary/aromatic N) is 3. The van der Waals surface area contributed by atoms with E-state index in [0.717, 1.165) is 40.8 Å². The Kier molecular flexibility index (Phi) is 8.21. The van der Waals surface area contributed by atoms with Gasteiger partial charge in [0.15, 0.2) is 4.80 Å². The number of ether oxygens (including phenoxy) is 2. The van der Waals surface area contributed by atoms with Crippen molar-refractivity contribution in [2.75, 3.05) is 25.1 Å². The number of methoxy groups -OCH3 is 1. The number of halogens is 2. The predicted octanol–water partition coefficient (Wildman–Crippen LogP) is 5.30. The van der Waals surface area contributed by atoms with Crippen molar-refractivity contribution in [3.05, 3.63) is 75.5 Å². The molecule has 2 aliphatic rings. The number of benzene rings is 1. The third-order valence-electron chi connectivity index (χ3n) is 6.68. The fourth-order valence-corrected chi connectivity index (χ4v) is 6.93. The van der Waals surface area contributed by atoms with Crippen LogP contribution in [0.25, 0.3) is 6.08 Å². The van der Waals surface area contributed by atoms with Gasteiger partial charge in [-0.25, -0.2) is 9.79 Å². The lowest BCUT2D eigenvalue weighted by Crippen LogP contribution is -2.40. The molecule has 206 valence electrons. The zero-order chi connectivity index (χ0) is 27.8. The third kappa shape index (κ3) is 5.53. The van der Waals surface area contributed by atoms with Crippen LogP contribution in [0.1, 0.15) is 57.4 Å². The number of furan rings is 1. The molecular formula is C28H29Br2N3O5S. The van der Waals surface area contributed by atoms with Crippen molar-refractivity contribution < 1.29 is 18.7 Å². The maximum atomic E-state index is 14.0. The van der Waals surface area contributed by atoms with Gasteiger partial charge >= 0.3 is 5.97 Å². The Balaban J connectivity index is 1.67. The standard InChI is InChI=1S/C28H29Br2N3O5S/c1-15(2)37-27(35)23-16(3)31-28-33(24(23)19-12-17(29)8-9-21(19)36-4)25(34)22(39-28)14-18-13-20(30)26(38-18)32-10-6-5-7-11-32/h8-9,12-15,24H,5-7,10-11H2,1-4H3/b22-14-/t24-/m0/s1. The molecule has 4 heterocycles. The fourth-order valence-electron chi connectivity index (χ4n) is 4.96. The molecule has 0 N–H and O–H groups in total. The maximum absolute atomic E-state index is 14.0. The van der Waals surface area contributed by atoms with Crippen molar-refractivity contribution in [2.45, 2.75) is 52.2 Å². The summed E-state index contributed by atoms with van der Waals surface area (Å²) in [6, 6.07) is 6.61. The van der Waals surface area contributed by atoms with Crippen molar-refractivity contribution >= 4 is 61.1 Å². The summed E-state index contributed by atoms with van der Waals surface area (Å²) < 4.78 is 21.1. The first-order valence-electron chi connectivity index (χ1n) is 12.8. The number of fused-ring (bicyclic) bond motifs is 1. The lowest BCUT2D eigenvalue weighted by Gasteiger charge is -2.26. The van der Waals surface area contributed by atoms with E-state index < -0.39 is 12.0 Å². The van der Waals surface area contributed by atoms with Gasteiger partial charge in [0.05, 0.1) is 33.5 Å². The Hall–Kier alpha value is -2.63. The zero-order valence-electron chi connectivity index (χ0n) is 22.1. The molecule has 0 aliphatic carbocycles. The van der Waals surface area contributed by atoms with Crippen LogP contribution in [-0.4, -0.2) is 36.8 Å². The van der Waals surface area contributed by atoms with E-state index in [0.29, 0.717) is 37.7 Å². The van der Waals surface area contributed by atoms with E-state index in [-0.39, 0.29) is 11.7 Å². The number of hydrogen-bond acceptors (Lipinski definition) is 8. The van der Waals surface area contributed by atoms with Gasteiger partial charge in [-0.3, -0.25) is 9.36 Å². The van der Waals surface area contributed by atoms with E-state index in [1.807, 2.05) is 18.2 Å². The lowest BCUT2D eigenvalue weighted by molar-refractivity contribution is -0.143. The van der Waals surface area contributed by atoms with Crippen LogP contribution >= 0.6 is 43.2 Å². The first kappa shape index (κ1) is 27.9. The summed E-state index contributed by atoms with van der Waals surface area (Å²) >= 11 is 8.41. The van der Waals surface area contributed by atoms with Crippen LogP contribution in [0, 0.1) is 0 Å². The normalized spacial score (nSPS) is 17.9. The van der Waals surface area contributed by atoms with Crippen LogP contribution in [0.15, 0.2) is 58.7 Å². The number of anilines is 1. The minimum Gasteiger partial charge on any atom is -0.496 e. The fraction of sp³-hybridized carbons (Fsp3) is 0.393. The Morgan fingerprint density at radius 2 is 1.95 bits per heavy atom. The molecule has 1 aromatic carbocycles. The predicted molar refractivity (Wildman–Crippen MR) is 158 cm³/mol. The molecule has 1 atom stereocenters. The molecule has 0 saturated carbocycles. The van der Waals surface area contributed by atoms with Crippen molar-refractivity contribution in [1.82, 2.24) is 4.57 Å². The second-order valence-corrected chi connectivity index (χ2v) is 12.6. The van der Waals surface area contributed by atoms with E-state index in [9.17, 15) is 9.59 Å². The SMILES string of the molecule is COc1ccc(Br)cc1[C@H]1C(C(=O)OC(C)C)=C(C)N=c2s/c(=C\c3cc(Br)c(N4CCCCC4)o3)c(=O)n21. The van der Waals surface area contributed by atoms with E-state index in [4.69, 9.17) is 13.9 Å². The molecule has 0 amide bonds. The van der Waals surface area contributed by atoms with Crippen molar-refractivity contribution in [3.8, 4) is 5.75 Å². The molecular weight excluding hydrogens is 650 g/mol. The average Bonchev–Trinajstić information content (AvgIpc) is 3.41. The molecule has 1 saturated heterocycles. The van der Waals surface area contributed by atoms with Crippen LogP contribution in [0.3, 0.4) is 0 Å². The number of thiazole rings is 1. The first-order chi connectivity index (χ1) is 18.7. The largest absolute Gasteiger partial charge is 0.496 e. The molecule has 3 aromatic rings. The second-order valence-electron chi connectivity index (χ2n) is 9.77. The van der Waals surface area contributed by atoms with Gasteiger partial charge in [-0.2, -0.15) is 0 Å². The quantitative estimate of drug-likeness (QED) is 0.329. The minimum atomic E-state index is -0.783. The summed E-state index contributed by atoms with van der Waals surface area (Å²) in [5, 5.41) is 0. The molecule has 0 unspecified atom stereocenters. The number of rotatable bonds is 6. The summed E-state index contributed by atoms with van der Waals surface area (Å²) in [4.78, 5) is 34.7. The first-order valence-corrected chi connectivity index (χ1v) is 15.2. The van der Waals surface area contributed by atoms with Gasteiger partial charge in [0.25, 0.3) is 5.56 Å². The van der Waals surface area contributed by atoms with Gasteiger partial charge < -0.3 is 18.8 Å². The summed E-state index contributed by atoms with van der Waals surface area (Å²) in [5.74, 6) is 1.37. The zero-order valence-corrected chi connectivity index (χ0v) is 26.1. The highest BCUT2D eigenvalue weighted by atomic mass is 79.9. The number of hydrogen-bond donors (Lipinski definition) is 0. The van der Waals surface area contributed by atoms with E-state index in [2.05, 4.69) is 41.8 Å². The third-order valence-corrected chi connectivity index (χ3v) is 8.72. The van der Waals surface area contributed by atoms with E-state index >= 15 is 0 Å². The minimum absolute atomic E-state index is 0.278. The van der Waals surface area contributed by atoms with Crippen LogP contribution in [0.5, 0.6) is 5.75 Å². The van der Waals surface area contributed by atoms with Crippen LogP contribution in [-0.2, 0) is 9.53 Å². The smallest absolute Gasteiger partial charge is 0.338 e. The Labute approximate surface area is 246 Å². The number of carbonyl (C=O) groups excluding carboxylic acids is 1. The van der Waals surface area contributed by atoms with Crippen LogP contribution in [0.2, 0.25) is 0 Å². The molecule has 5 rings (SSSR count). The molecule has 0 radical (unpaired) electrons. The molecule has 1 fully saturated rings. The van der Waals surface area contributed by atoms with Gasteiger partial charge in [0.1, 0.15) is 17.6 Å². The molecule has 2 aliphatic heterocycles. The molecule has 39 heavy (non-hydrogen) atoms. The molecule has 11 heteroatoms. The van der Waals surface area contributed by atoms with Crippen molar-refractivity contribution in [1.29, 1.82) is 0 Å². The molecule has 0 bridgehead atoms. The number of esters is 1. The molecule has 2 aromatic heterocycles. The van der Waals surface area contributed by atoms with Gasteiger partial charge in [0.2, 0.25) is 5.88 Å². The highest BCUT2D eigenvalue weighted by Gasteiger charge is 2.35. The van der Waals surface area contributed by atoms with Gasteiger partial charge in [-0.05, 0) is 74.2 Å². The van der Waals surface area contributed by atoms with Crippen LogP contribution in [0.4, 0.5) is 5.88 Å². The Bertz CT molecular complexity index is 1630. The monoisotopic (exact) mass is 677 g/mol. The van der Waals surface area contributed by atoms with Crippen molar-refractivity contribution in [3.63, 3.8) is 0 Å². The highest BCUT2D eigenvalue weighted by Crippen LogP contribution is 2.37. The molecule has 0 spiro atoms. The number of aromatic nitrogens is 1. The van der Waals surface area contributed by atoms with Crippen molar-refractivity contribution in [2.24, 2.45) is 4.99 Å². The van der Waals surface area contributed by atoms with Crippen LogP contribution < -0.4 is 24.5 Å². The van der Waals surface area contributed by atoms with Gasteiger partial charge in [-0.15, -0.1) is 0 Å². The summed E-state index contributed by atoms with van der Waals surface area (Å²) in [7, 11) is 1.56. The Morgan fingerprint density at radius 3 is 2.64 bits per heavy atom. The summed E-state index contributed by atoms with van der Waals surface area (Å²) in [5.41, 5.74) is 1.17. The average molecular weight is 679 g/mol. The van der Waals surface area contributed by atoms with E-state index in [1.54, 1.807) is 44.6 Å².